The van der Waals surface area contributed by atoms with Crippen molar-refractivity contribution in [1.82, 2.24) is 0 Å². The zero-order valence-corrected chi connectivity index (χ0v) is 11.6. The van der Waals surface area contributed by atoms with E-state index in [2.05, 4.69) is 5.18 Å². The lowest BCUT2D eigenvalue weighted by Crippen LogP contribution is -2.57. The number of rotatable bonds is 9. The van der Waals surface area contributed by atoms with Gasteiger partial charge in [-0.25, -0.2) is 0 Å². The van der Waals surface area contributed by atoms with Crippen molar-refractivity contribution in [1.29, 1.82) is 0 Å². The van der Waals surface area contributed by atoms with E-state index < -0.39 is 49.6 Å². The van der Waals surface area contributed by atoms with E-state index in [4.69, 9.17) is 19.7 Å². The maximum Gasteiger partial charge on any atom is 0.117 e. The summed E-state index contributed by atoms with van der Waals surface area (Å²) in [5.74, 6) is -0.765. The Hall–Kier alpha value is -0.680. The third-order valence-corrected chi connectivity index (χ3v) is 3.62. The standard InChI is InChI=1S/C12H23NO8/c14-3-7(13-19)1-2-20-6-10-12(18)11(17)8(4-15)9(5-16)21-10/h7-12,14-18H,1-6H2/t7?,8?,9?,10-,11?,12?/m0/s1. The molecule has 1 fully saturated rings. The lowest BCUT2D eigenvalue weighted by atomic mass is 9.87. The van der Waals surface area contributed by atoms with Crippen LogP contribution in [0, 0.1) is 10.8 Å². The molecule has 1 rings (SSSR count). The highest BCUT2D eigenvalue weighted by molar-refractivity contribution is 4.91. The van der Waals surface area contributed by atoms with Crippen molar-refractivity contribution in [2.24, 2.45) is 11.1 Å². The van der Waals surface area contributed by atoms with Gasteiger partial charge >= 0.3 is 0 Å². The van der Waals surface area contributed by atoms with Crippen molar-refractivity contribution in [3.05, 3.63) is 4.91 Å². The molecule has 1 aliphatic rings. The Morgan fingerprint density at radius 1 is 1.10 bits per heavy atom. The highest BCUT2D eigenvalue weighted by Gasteiger charge is 2.43. The first-order chi connectivity index (χ1) is 10.1. The fourth-order valence-electron chi connectivity index (χ4n) is 2.24. The van der Waals surface area contributed by atoms with Gasteiger partial charge in [0.15, 0.2) is 0 Å². The molecule has 0 spiro atoms. The fourth-order valence-corrected chi connectivity index (χ4v) is 2.24. The van der Waals surface area contributed by atoms with Gasteiger partial charge in [0.1, 0.15) is 18.2 Å². The molecule has 9 nitrogen and oxygen atoms in total. The van der Waals surface area contributed by atoms with Crippen molar-refractivity contribution < 1.29 is 35.0 Å². The summed E-state index contributed by atoms with van der Waals surface area (Å²) in [6, 6.07) is -0.739. The Morgan fingerprint density at radius 2 is 1.81 bits per heavy atom. The van der Waals surface area contributed by atoms with Gasteiger partial charge in [0.05, 0.1) is 38.6 Å². The Morgan fingerprint density at radius 3 is 2.33 bits per heavy atom. The Balaban J connectivity index is 2.42. The molecule has 1 saturated heterocycles. The van der Waals surface area contributed by atoms with E-state index in [1.165, 1.54) is 0 Å². The number of aliphatic hydroxyl groups excluding tert-OH is 5. The van der Waals surface area contributed by atoms with Gasteiger partial charge in [0.25, 0.3) is 0 Å². The first-order valence-electron chi connectivity index (χ1n) is 6.83. The summed E-state index contributed by atoms with van der Waals surface area (Å²) in [7, 11) is 0. The normalized spacial score (nSPS) is 34.6. The predicted molar refractivity (Wildman–Crippen MR) is 70.4 cm³/mol. The second-order valence-electron chi connectivity index (χ2n) is 5.03. The molecule has 21 heavy (non-hydrogen) atoms. The molecule has 124 valence electrons. The first kappa shape index (κ1) is 18.4. The van der Waals surface area contributed by atoms with E-state index in [1.807, 2.05) is 0 Å². The van der Waals surface area contributed by atoms with Gasteiger partial charge in [-0.3, -0.25) is 0 Å². The maximum absolute atomic E-state index is 10.3. The number of hydrogen-bond acceptors (Lipinski definition) is 9. The van der Waals surface area contributed by atoms with E-state index in [1.54, 1.807) is 0 Å². The monoisotopic (exact) mass is 309 g/mol. The SMILES string of the molecule is O=NC(CO)CCOC[C@@H]1OC(CO)C(CO)C(O)C1O. The van der Waals surface area contributed by atoms with Gasteiger partial charge < -0.3 is 35.0 Å². The Bertz CT molecular complexity index is 303. The minimum absolute atomic E-state index is 0.0517. The summed E-state index contributed by atoms with van der Waals surface area (Å²) < 4.78 is 10.6. The van der Waals surface area contributed by atoms with Crippen molar-refractivity contribution in [3.8, 4) is 0 Å². The van der Waals surface area contributed by atoms with Crippen LogP contribution < -0.4 is 0 Å². The van der Waals surface area contributed by atoms with Crippen molar-refractivity contribution in [3.63, 3.8) is 0 Å². The zero-order chi connectivity index (χ0) is 15.8. The molecule has 0 radical (unpaired) electrons. The summed E-state index contributed by atoms with van der Waals surface area (Å²) in [6.07, 6.45) is -3.88. The van der Waals surface area contributed by atoms with E-state index in [9.17, 15) is 20.2 Å². The van der Waals surface area contributed by atoms with E-state index in [-0.39, 0.29) is 26.2 Å². The highest BCUT2D eigenvalue weighted by Crippen LogP contribution is 2.26. The minimum atomic E-state index is -1.25. The van der Waals surface area contributed by atoms with E-state index >= 15 is 0 Å². The van der Waals surface area contributed by atoms with Crippen LogP contribution in [0.2, 0.25) is 0 Å². The van der Waals surface area contributed by atoms with Crippen LogP contribution in [0.4, 0.5) is 0 Å². The molecule has 0 aromatic carbocycles. The van der Waals surface area contributed by atoms with Crippen LogP contribution in [-0.2, 0) is 9.47 Å². The molecule has 0 saturated carbocycles. The number of nitroso groups, excluding NO2 is 1. The topological polar surface area (TPSA) is 149 Å². The number of aliphatic hydroxyl groups is 5. The van der Waals surface area contributed by atoms with Crippen LogP contribution in [0.3, 0.4) is 0 Å². The molecule has 6 atom stereocenters. The largest absolute Gasteiger partial charge is 0.396 e. The van der Waals surface area contributed by atoms with Gasteiger partial charge in [0, 0.05) is 12.5 Å². The number of hydrogen-bond donors (Lipinski definition) is 5. The lowest BCUT2D eigenvalue weighted by Gasteiger charge is -2.41. The molecule has 1 heterocycles. The van der Waals surface area contributed by atoms with Crippen molar-refractivity contribution >= 4 is 0 Å². The third-order valence-electron chi connectivity index (χ3n) is 3.62. The van der Waals surface area contributed by atoms with Crippen LogP contribution in [0.1, 0.15) is 6.42 Å². The lowest BCUT2D eigenvalue weighted by molar-refractivity contribution is -0.226. The average molecular weight is 309 g/mol. The molecule has 0 amide bonds. The van der Waals surface area contributed by atoms with Gasteiger partial charge in [0.2, 0.25) is 0 Å². The van der Waals surface area contributed by atoms with Crippen molar-refractivity contribution in [2.75, 3.05) is 33.0 Å². The van der Waals surface area contributed by atoms with Crippen LogP contribution >= 0.6 is 0 Å². The Kier molecular flexibility index (Phi) is 8.19. The first-order valence-corrected chi connectivity index (χ1v) is 6.83. The number of ether oxygens (including phenoxy) is 2. The average Bonchev–Trinajstić information content (AvgIpc) is 2.51. The molecular formula is C12H23NO8. The Labute approximate surface area is 122 Å². The summed E-state index contributed by atoms with van der Waals surface area (Å²) in [5.41, 5.74) is 0. The van der Waals surface area contributed by atoms with Gasteiger partial charge in [-0.05, 0) is 6.42 Å². The zero-order valence-electron chi connectivity index (χ0n) is 11.6. The molecule has 0 aromatic heterocycles. The fraction of sp³-hybridized carbons (Fsp3) is 1.00. The molecule has 1 aliphatic heterocycles. The van der Waals surface area contributed by atoms with E-state index in [0.29, 0.717) is 0 Å². The highest BCUT2D eigenvalue weighted by atomic mass is 16.6. The second kappa shape index (κ2) is 9.36. The van der Waals surface area contributed by atoms with Crippen LogP contribution in [0.5, 0.6) is 0 Å². The van der Waals surface area contributed by atoms with Crippen LogP contribution in [0.15, 0.2) is 5.18 Å². The van der Waals surface area contributed by atoms with E-state index in [0.717, 1.165) is 0 Å². The summed E-state index contributed by atoms with van der Waals surface area (Å²) in [6.45, 7) is -1.09. The smallest absolute Gasteiger partial charge is 0.117 e. The molecule has 0 aliphatic carbocycles. The molecular weight excluding hydrogens is 286 g/mol. The molecule has 0 bridgehead atoms. The quantitative estimate of drug-likeness (QED) is 0.234. The van der Waals surface area contributed by atoms with Crippen molar-refractivity contribution in [2.45, 2.75) is 36.9 Å². The van der Waals surface area contributed by atoms with Gasteiger partial charge in [-0.1, -0.05) is 5.18 Å². The predicted octanol–water partition coefficient (Wildman–Crippen LogP) is -2.39. The van der Waals surface area contributed by atoms with Crippen LogP contribution in [0.25, 0.3) is 0 Å². The van der Waals surface area contributed by atoms with Crippen LogP contribution in [-0.4, -0.2) is 89.0 Å². The third kappa shape index (κ3) is 4.92. The number of nitrogens with zero attached hydrogens (tertiary/aromatic N) is 1. The molecule has 5 N–H and O–H groups in total. The van der Waals surface area contributed by atoms with Gasteiger partial charge in [-0.15, -0.1) is 0 Å². The summed E-state index contributed by atoms with van der Waals surface area (Å²) in [5, 5.41) is 49.6. The maximum atomic E-state index is 10.3. The summed E-state index contributed by atoms with van der Waals surface area (Å²) in [4.78, 5) is 10.3. The summed E-state index contributed by atoms with van der Waals surface area (Å²) >= 11 is 0. The minimum Gasteiger partial charge on any atom is -0.396 e. The molecule has 9 heteroatoms. The molecule has 5 unspecified atom stereocenters. The second-order valence-corrected chi connectivity index (χ2v) is 5.03. The molecule has 0 aromatic rings. The van der Waals surface area contributed by atoms with Gasteiger partial charge in [-0.2, -0.15) is 4.91 Å².